The van der Waals surface area contributed by atoms with Crippen molar-refractivity contribution in [1.29, 1.82) is 0 Å². The Morgan fingerprint density at radius 1 is 1.00 bits per heavy atom. The summed E-state index contributed by atoms with van der Waals surface area (Å²) >= 11 is 3.33. The number of para-hydroxylation sites is 1. The van der Waals surface area contributed by atoms with Crippen LogP contribution in [-0.4, -0.2) is 11.1 Å². The third-order valence-corrected chi connectivity index (χ3v) is 4.28. The molecule has 0 saturated carbocycles. The minimum Gasteiger partial charge on any atom is -0.449 e. The molecule has 0 radical (unpaired) electrons. The number of halogens is 4. The molecular formula is C20H12BrF3N2O3. The van der Waals surface area contributed by atoms with Crippen LogP contribution >= 0.6 is 15.9 Å². The number of nitrogens with zero attached hydrogens (tertiary/aromatic N) is 2. The average molecular weight is 465 g/mol. The van der Waals surface area contributed by atoms with E-state index in [1.807, 2.05) is 18.2 Å². The molecule has 5 nitrogen and oxygen atoms in total. The quantitative estimate of drug-likeness (QED) is 0.234. The number of nitro benzene ring substituents is 1. The van der Waals surface area contributed by atoms with Gasteiger partial charge in [-0.3, -0.25) is 15.1 Å². The summed E-state index contributed by atoms with van der Waals surface area (Å²) in [6.07, 6.45) is -3.19. The number of aliphatic imine (C=N–C) groups is 1. The first-order valence-electron chi connectivity index (χ1n) is 8.16. The van der Waals surface area contributed by atoms with Crippen LogP contribution in [0.3, 0.4) is 0 Å². The van der Waals surface area contributed by atoms with Crippen LogP contribution in [0.5, 0.6) is 11.5 Å². The number of nitro groups is 1. The number of hydrogen-bond acceptors (Lipinski definition) is 4. The molecule has 0 bridgehead atoms. The maximum absolute atomic E-state index is 12.9. The lowest BCUT2D eigenvalue weighted by Crippen LogP contribution is -2.06. The third kappa shape index (κ3) is 5.20. The van der Waals surface area contributed by atoms with Crippen molar-refractivity contribution in [2.24, 2.45) is 4.99 Å². The second kappa shape index (κ2) is 8.44. The average Bonchev–Trinajstić information content (AvgIpc) is 2.68. The first-order chi connectivity index (χ1) is 13.7. The van der Waals surface area contributed by atoms with Crippen LogP contribution in [0.2, 0.25) is 0 Å². The number of benzene rings is 3. The van der Waals surface area contributed by atoms with Crippen molar-refractivity contribution >= 4 is 33.5 Å². The highest BCUT2D eigenvalue weighted by Crippen LogP contribution is 2.38. The summed E-state index contributed by atoms with van der Waals surface area (Å²) in [5, 5.41) is 11.3. The van der Waals surface area contributed by atoms with Gasteiger partial charge in [-0.25, -0.2) is 0 Å². The lowest BCUT2D eigenvalue weighted by molar-refractivity contribution is -0.385. The molecule has 29 heavy (non-hydrogen) atoms. The highest BCUT2D eigenvalue weighted by Gasteiger charge is 2.33. The smallest absolute Gasteiger partial charge is 0.416 e. The standard InChI is InChI=1S/C20H12BrF3N2O3/c21-15-7-9-18(13(10-15)12-25-16-4-2-1-3-5-16)29-19-8-6-14(20(22,23)24)11-17(19)26(27)28/h1-12H. The van der Waals surface area contributed by atoms with E-state index < -0.39 is 22.4 Å². The Kier molecular flexibility index (Phi) is 5.97. The molecule has 0 heterocycles. The zero-order valence-electron chi connectivity index (χ0n) is 14.6. The molecule has 0 spiro atoms. The summed E-state index contributed by atoms with van der Waals surface area (Å²) in [5.74, 6) is -0.101. The highest BCUT2D eigenvalue weighted by molar-refractivity contribution is 9.10. The van der Waals surface area contributed by atoms with Crippen LogP contribution in [0, 0.1) is 10.1 Å². The second-order valence-corrected chi connectivity index (χ2v) is 6.73. The molecule has 0 aromatic heterocycles. The molecule has 0 aliphatic carbocycles. The molecule has 0 amide bonds. The van der Waals surface area contributed by atoms with E-state index in [-0.39, 0.29) is 11.5 Å². The number of ether oxygens (including phenoxy) is 1. The fraction of sp³-hybridized carbons (Fsp3) is 0.0500. The molecule has 0 saturated heterocycles. The molecule has 9 heteroatoms. The van der Waals surface area contributed by atoms with Gasteiger partial charge in [0.1, 0.15) is 5.75 Å². The SMILES string of the molecule is O=[N+]([O-])c1cc(C(F)(F)F)ccc1Oc1ccc(Br)cc1C=Nc1ccccc1. The molecule has 0 fully saturated rings. The summed E-state index contributed by atoms with van der Waals surface area (Å²) in [6, 6.07) is 16.0. The Bertz CT molecular complexity index is 1070. The molecule has 0 aliphatic heterocycles. The summed E-state index contributed by atoms with van der Waals surface area (Å²) in [4.78, 5) is 14.7. The zero-order valence-corrected chi connectivity index (χ0v) is 16.1. The number of hydrogen-bond donors (Lipinski definition) is 0. The van der Waals surface area contributed by atoms with Gasteiger partial charge in [-0.05, 0) is 42.5 Å². The van der Waals surface area contributed by atoms with Gasteiger partial charge in [-0.15, -0.1) is 0 Å². The van der Waals surface area contributed by atoms with Gasteiger partial charge in [0.25, 0.3) is 0 Å². The summed E-state index contributed by atoms with van der Waals surface area (Å²) in [5.41, 5.74) is -0.747. The van der Waals surface area contributed by atoms with Gasteiger partial charge in [0, 0.05) is 22.3 Å². The maximum Gasteiger partial charge on any atom is 0.416 e. The Morgan fingerprint density at radius 3 is 2.34 bits per heavy atom. The fourth-order valence-corrected chi connectivity index (χ4v) is 2.79. The molecule has 148 valence electrons. The van der Waals surface area contributed by atoms with Gasteiger partial charge >= 0.3 is 11.9 Å². The predicted molar refractivity (Wildman–Crippen MR) is 106 cm³/mol. The van der Waals surface area contributed by atoms with Crippen molar-refractivity contribution < 1.29 is 22.8 Å². The predicted octanol–water partition coefficient (Wildman–Crippen LogP) is 6.92. The van der Waals surface area contributed by atoms with Crippen molar-refractivity contribution in [2.45, 2.75) is 6.18 Å². The van der Waals surface area contributed by atoms with Crippen LogP contribution in [-0.2, 0) is 6.18 Å². The van der Waals surface area contributed by atoms with E-state index in [0.717, 1.165) is 12.1 Å². The zero-order chi connectivity index (χ0) is 21.0. The molecule has 0 unspecified atom stereocenters. The lowest BCUT2D eigenvalue weighted by atomic mass is 10.1. The van der Waals surface area contributed by atoms with Crippen LogP contribution in [0.4, 0.5) is 24.5 Å². The highest BCUT2D eigenvalue weighted by atomic mass is 79.9. The third-order valence-electron chi connectivity index (χ3n) is 3.78. The van der Waals surface area contributed by atoms with Crippen molar-refractivity contribution in [1.82, 2.24) is 0 Å². The van der Waals surface area contributed by atoms with E-state index >= 15 is 0 Å². The van der Waals surface area contributed by atoms with E-state index in [1.54, 1.807) is 24.3 Å². The normalized spacial score (nSPS) is 11.6. The Morgan fingerprint density at radius 2 is 1.69 bits per heavy atom. The summed E-state index contributed by atoms with van der Waals surface area (Å²) in [6.45, 7) is 0. The van der Waals surface area contributed by atoms with Crippen molar-refractivity contribution in [3.8, 4) is 11.5 Å². The van der Waals surface area contributed by atoms with Crippen LogP contribution < -0.4 is 4.74 Å². The van der Waals surface area contributed by atoms with Crippen molar-refractivity contribution in [2.75, 3.05) is 0 Å². The van der Waals surface area contributed by atoms with Gasteiger partial charge in [-0.1, -0.05) is 34.1 Å². The van der Waals surface area contributed by atoms with E-state index in [0.29, 0.717) is 21.8 Å². The molecule has 0 aliphatic rings. The molecule has 3 aromatic carbocycles. The van der Waals surface area contributed by atoms with Crippen LogP contribution in [0.25, 0.3) is 0 Å². The van der Waals surface area contributed by atoms with Gasteiger partial charge in [-0.2, -0.15) is 13.2 Å². The van der Waals surface area contributed by atoms with E-state index in [4.69, 9.17) is 4.74 Å². The topological polar surface area (TPSA) is 64.7 Å². The minimum absolute atomic E-state index is 0.204. The van der Waals surface area contributed by atoms with Gasteiger partial charge in [0.15, 0.2) is 0 Å². The summed E-state index contributed by atoms with van der Waals surface area (Å²) in [7, 11) is 0. The first-order valence-corrected chi connectivity index (χ1v) is 8.95. The van der Waals surface area contributed by atoms with E-state index in [1.165, 1.54) is 12.3 Å². The lowest BCUT2D eigenvalue weighted by Gasteiger charge is -2.11. The van der Waals surface area contributed by atoms with Crippen LogP contribution in [0.1, 0.15) is 11.1 Å². The Balaban J connectivity index is 1.98. The van der Waals surface area contributed by atoms with E-state index in [2.05, 4.69) is 20.9 Å². The largest absolute Gasteiger partial charge is 0.449 e. The van der Waals surface area contributed by atoms with Gasteiger partial charge in [0.2, 0.25) is 5.75 Å². The number of alkyl halides is 3. The Hall–Kier alpha value is -3.20. The Labute approximate surface area is 171 Å². The van der Waals surface area contributed by atoms with Gasteiger partial charge in [0.05, 0.1) is 16.2 Å². The minimum atomic E-state index is -4.70. The fourth-order valence-electron chi connectivity index (χ4n) is 2.41. The van der Waals surface area contributed by atoms with Gasteiger partial charge < -0.3 is 4.74 Å². The summed E-state index contributed by atoms with van der Waals surface area (Å²) < 4.78 is 44.9. The first kappa shape index (κ1) is 20.5. The van der Waals surface area contributed by atoms with Crippen molar-refractivity contribution in [3.05, 3.63) is 92.4 Å². The molecule has 3 rings (SSSR count). The van der Waals surface area contributed by atoms with E-state index in [9.17, 15) is 23.3 Å². The molecule has 3 aromatic rings. The molecular weight excluding hydrogens is 453 g/mol. The maximum atomic E-state index is 12.9. The second-order valence-electron chi connectivity index (χ2n) is 5.82. The van der Waals surface area contributed by atoms with Crippen molar-refractivity contribution in [3.63, 3.8) is 0 Å². The molecule has 0 N–H and O–H groups in total. The monoisotopic (exact) mass is 464 g/mol. The number of rotatable bonds is 5. The molecule has 0 atom stereocenters. The van der Waals surface area contributed by atoms with Crippen LogP contribution in [0.15, 0.2) is 76.2 Å².